The molecule has 0 amide bonds. The van der Waals surface area contributed by atoms with Crippen molar-refractivity contribution >= 4 is 43.6 Å². The van der Waals surface area contributed by atoms with Gasteiger partial charge >= 0.3 is 24.7 Å². The zero-order valence-electron chi connectivity index (χ0n) is 27.7. The number of fused-ring (bicyclic) bond motifs is 6. The fraction of sp³-hybridized carbons (Fsp3) is 0.100. The summed E-state index contributed by atoms with van der Waals surface area (Å²) in [5.74, 6) is -0.275. The normalized spacial score (nSPS) is 13.0. The van der Waals surface area contributed by atoms with Crippen LogP contribution in [0.15, 0.2) is 109 Å². The van der Waals surface area contributed by atoms with E-state index in [2.05, 4.69) is 4.98 Å². The molecule has 8 aromatic rings. The molecule has 0 aliphatic heterocycles. The number of aromatic nitrogens is 3. The largest absolute Gasteiger partial charge is 0.416 e. The molecule has 0 bridgehead atoms. The zero-order chi connectivity index (χ0) is 40.1. The molecule has 0 aliphatic rings. The number of rotatable bonds is 3. The van der Waals surface area contributed by atoms with Crippen LogP contribution in [0, 0.1) is 11.3 Å². The molecule has 16 heteroatoms. The average Bonchev–Trinajstić information content (AvgIpc) is 3.64. The Kier molecular flexibility index (Phi) is 7.98. The van der Waals surface area contributed by atoms with Crippen molar-refractivity contribution in [3.8, 4) is 28.7 Å². The molecule has 0 saturated carbocycles. The first kappa shape index (κ1) is 36.5. The molecular weight excluding hydrogens is 764 g/mol. The summed E-state index contributed by atoms with van der Waals surface area (Å²) in [6.07, 6.45) is -18.5. The van der Waals surface area contributed by atoms with Crippen LogP contribution in [-0.2, 0) is 24.7 Å². The summed E-state index contributed by atoms with van der Waals surface area (Å²) in [6.45, 7) is 0. The fourth-order valence-corrected chi connectivity index (χ4v) is 7.02. The number of hydrogen-bond donors (Lipinski definition) is 0. The second kappa shape index (κ2) is 12.3. The number of nitrogens with zero attached hydrogens (tertiary/aromatic N) is 4. The minimum atomic E-state index is -4.88. The maximum Gasteiger partial charge on any atom is 0.416 e. The minimum Gasteiger partial charge on any atom is -0.307 e. The van der Waals surface area contributed by atoms with E-state index in [0.29, 0.717) is 0 Å². The summed E-state index contributed by atoms with van der Waals surface area (Å²) in [6, 6.07) is 19.3. The number of pyridine rings is 1. The van der Waals surface area contributed by atoms with Gasteiger partial charge in [0, 0.05) is 32.7 Å². The summed E-state index contributed by atoms with van der Waals surface area (Å²) in [5, 5.41) is 10.6. The number of alkyl halides is 12. The highest BCUT2D eigenvalue weighted by atomic mass is 19.4. The van der Waals surface area contributed by atoms with Gasteiger partial charge in [-0.25, -0.2) is 4.98 Å². The Morgan fingerprint density at radius 1 is 0.446 bits per heavy atom. The van der Waals surface area contributed by atoms with Crippen LogP contribution in [0.1, 0.15) is 27.8 Å². The maximum atomic E-state index is 14.1. The van der Waals surface area contributed by atoms with E-state index in [1.807, 2.05) is 6.07 Å². The van der Waals surface area contributed by atoms with Crippen LogP contribution in [-0.4, -0.2) is 14.1 Å². The zero-order valence-corrected chi connectivity index (χ0v) is 27.7. The van der Waals surface area contributed by atoms with Crippen molar-refractivity contribution in [1.29, 1.82) is 5.26 Å². The number of halogens is 12. The van der Waals surface area contributed by atoms with Crippen LogP contribution in [0.3, 0.4) is 0 Å². The van der Waals surface area contributed by atoms with Gasteiger partial charge < -0.3 is 4.57 Å². The summed E-state index contributed by atoms with van der Waals surface area (Å²) in [4.78, 5) is 4.41. The van der Waals surface area contributed by atoms with Crippen LogP contribution in [0.4, 0.5) is 52.7 Å². The van der Waals surface area contributed by atoms with Crippen LogP contribution in [0.2, 0.25) is 0 Å². The van der Waals surface area contributed by atoms with E-state index in [1.54, 1.807) is 0 Å². The lowest BCUT2D eigenvalue weighted by Gasteiger charge is -2.18. The van der Waals surface area contributed by atoms with Gasteiger partial charge in [0.05, 0.1) is 67.8 Å². The van der Waals surface area contributed by atoms with Crippen LogP contribution in [0.25, 0.3) is 66.2 Å². The highest BCUT2D eigenvalue weighted by molar-refractivity contribution is 6.11. The minimum absolute atomic E-state index is 0.0282. The van der Waals surface area contributed by atoms with Gasteiger partial charge in [0.2, 0.25) is 0 Å². The van der Waals surface area contributed by atoms with Crippen molar-refractivity contribution in [3.05, 3.63) is 137 Å². The van der Waals surface area contributed by atoms with Crippen molar-refractivity contribution in [2.45, 2.75) is 24.7 Å². The van der Waals surface area contributed by atoms with Crippen molar-refractivity contribution in [2.75, 3.05) is 0 Å². The summed E-state index contributed by atoms with van der Waals surface area (Å²) >= 11 is 0. The Bertz CT molecular complexity index is 2790. The topological polar surface area (TPSA) is 46.5 Å². The van der Waals surface area contributed by atoms with E-state index in [1.165, 1.54) is 30.3 Å². The lowest BCUT2D eigenvalue weighted by molar-refractivity contribution is -0.138. The van der Waals surface area contributed by atoms with Crippen molar-refractivity contribution < 1.29 is 52.7 Å². The van der Waals surface area contributed by atoms with Crippen LogP contribution >= 0.6 is 0 Å². The van der Waals surface area contributed by atoms with Gasteiger partial charge in [0.25, 0.3) is 0 Å². The van der Waals surface area contributed by atoms with E-state index in [0.717, 1.165) is 88.1 Å². The van der Waals surface area contributed by atoms with E-state index < -0.39 is 47.0 Å². The molecule has 5 aromatic carbocycles. The third-order valence-corrected chi connectivity index (χ3v) is 9.52. The molecular formula is C40H18F12N4. The highest BCUT2D eigenvalue weighted by Crippen LogP contribution is 2.44. The van der Waals surface area contributed by atoms with Gasteiger partial charge in [-0.05, 0) is 60.7 Å². The van der Waals surface area contributed by atoms with E-state index >= 15 is 0 Å². The SMILES string of the molecule is N#Cc1ccccc1-c1cc(-n2c3cc(C(F)(F)F)ccc3c3ccc(C(F)(F)F)cc32)ncc1-n1c2cc(C(F)(F)F)ccc2c2ccc(C(F)(F)F)cc21. The van der Waals surface area contributed by atoms with E-state index in [-0.39, 0.29) is 71.8 Å². The van der Waals surface area contributed by atoms with Gasteiger partial charge in [0.15, 0.2) is 0 Å². The Morgan fingerprint density at radius 3 is 1.20 bits per heavy atom. The average molecular weight is 783 g/mol. The monoisotopic (exact) mass is 782 g/mol. The van der Waals surface area contributed by atoms with Gasteiger partial charge in [-0.2, -0.15) is 57.9 Å². The third kappa shape index (κ3) is 5.94. The molecule has 0 unspecified atom stereocenters. The molecule has 4 nitrogen and oxygen atoms in total. The number of hydrogen-bond acceptors (Lipinski definition) is 2. The van der Waals surface area contributed by atoms with Crippen LogP contribution in [0.5, 0.6) is 0 Å². The predicted molar refractivity (Wildman–Crippen MR) is 183 cm³/mol. The van der Waals surface area contributed by atoms with E-state index in [9.17, 15) is 57.9 Å². The van der Waals surface area contributed by atoms with Gasteiger partial charge in [0.1, 0.15) is 5.82 Å². The first-order chi connectivity index (χ1) is 26.3. The van der Waals surface area contributed by atoms with Gasteiger partial charge in [-0.1, -0.05) is 42.5 Å². The molecule has 0 atom stereocenters. The lowest BCUT2D eigenvalue weighted by atomic mass is 9.99. The lowest BCUT2D eigenvalue weighted by Crippen LogP contribution is -2.08. The summed E-state index contributed by atoms with van der Waals surface area (Å²) < 4.78 is 171. The Labute approximate surface area is 306 Å². The third-order valence-electron chi connectivity index (χ3n) is 9.52. The molecule has 0 spiro atoms. The van der Waals surface area contributed by atoms with Crippen molar-refractivity contribution in [1.82, 2.24) is 14.1 Å². The molecule has 0 aliphatic carbocycles. The molecule has 3 aromatic heterocycles. The highest BCUT2D eigenvalue weighted by Gasteiger charge is 2.35. The first-order valence-electron chi connectivity index (χ1n) is 16.2. The summed E-state index contributed by atoms with van der Waals surface area (Å²) in [5.41, 5.74) is -5.54. The van der Waals surface area contributed by atoms with Gasteiger partial charge in [-0.3, -0.25) is 4.57 Å². The molecule has 0 fully saturated rings. The smallest absolute Gasteiger partial charge is 0.307 e. The molecule has 0 saturated heterocycles. The standard InChI is InChI=1S/C40H18F12N4/c41-37(42,43)21-5-9-26-27-10-6-22(38(44,45)46)14-32(27)55(31(26)13-21)35-19-54-36(17-30(35)25-4-2-1-3-20(25)18-53)56-33-15-23(39(47,48)49)7-11-28(33)29-12-8-24(16-34(29)56)40(50,51)52/h1-17,19H. The summed E-state index contributed by atoms with van der Waals surface area (Å²) in [7, 11) is 0. The Balaban J connectivity index is 1.53. The van der Waals surface area contributed by atoms with E-state index in [4.69, 9.17) is 0 Å². The number of benzene rings is 5. The molecule has 0 radical (unpaired) electrons. The van der Waals surface area contributed by atoms with Gasteiger partial charge in [-0.15, -0.1) is 0 Å². The molecule has 8 rings (SSSR count). The van der Waals surface area contributed by atoms with Crippen LogP contribution < -0.4 is 0 Å². The molecule has 0 N–H and O–H groups in total. The van der Waals surface area contributed by atoms with Crippen molar-refractivity contribution in [2.24, 2.45) is 0 Å². The fourth-order valence-electron chi connectivity index (χ4n) is 7.02. The maximum absolute atomic E-state index is 14.1. The predicted octanol–water partition coefficient (Wildman–Crippen LogP) is 12.9. The number of nitriles is 1. The Morgan fingerprint density at radius 2 is 0.821 bits per heavy atom. The molecule has 56 heavy (non-hydrogen) atoms. The molecule has 3 heterocycles. The second-order valence-corrected chi connectivity index (χ2v) is 12.8. The Hall–Kier alpha value is -6.50. The van der Waals surface area contributed by atoms with Crippen molar-refractivity contribution in [3.63, 3.8) is 0 Å². The first-order valence-corrected chi connectivity index (χ1v) is 16.2. The molecule has 282 valence electrons. The second-order valence-electron chi connectivity index (χ2n) is 12.8. The quantitative estimate of drug-likeness (QED) is 0.168.